The Hall–Kier alpha value is -2.38. The van der Waals surface area contributed by atoms with Crippen LogP contribution in [0.1, 0.15) is 27.4 Å². The molecule has 0 amide bonds. The quantitative estimate of drug-likeness (QED) is 0.940. The number of hydrogen-bond donors (Lipinski definition) is 1. The molecule has 2 aromatic heterocycles. The van der Waals surface area contributed by atoms with Crippen LogP contribution in [0.4, 0.5) is 13.2 Å². The molecule has 2 aromatic rings. The van der Waals surface area contributed by atoms with E-state index in [2.05, 4.69) is 9.97 Å². The van der Waals surface area contributed by atoms with Crippen molar-refractivity contribution in [1.29, 1.82) is 0 Å². The lowest BCUT2D eigenvalue weighted by atomic mass is 10.2. The summed E-state index contributed by atoms with van der Waals surface area (Å²) in [5.41, 5.74) is -1.12. The van der Waals surface area contributed by atoms with Crippen molar-refractivity contribution in [3.63, 3.8) is 0 Å². The van der Waals surface area contributed by atoms with Crippen molar-refractivity contribution in [1.82, 2.24) is 14.5 Å². The maximum absolute atomic E-state index is 13.0. The minimum atomic E-state index is -4.64. The summed E-state index contributed by atoms with van der Waals surface area (Å²) in [4.78, 5) is 18.8. The highest BCUT2D eigenvalue weighted by Crippen LogP contribution is 2.33. The molecule has 0 aliphatic carbocycles. The number of aryl methyl sites for hydroxylation is 1. The van der Waals surface area contributed by atoms with E-state index in [-0.39, 0.29) is 17.8 Å². The van der Waals surface area contributed by atoms with Crippen LogP contribution >= 0.6 is 0 Å². The van der Waals surface area contributed by atoms with Crippen molar-refractivity contribution in [3.8, 4) is 0 Å². The van der Waals surface area contributed by atoms with Gasteiger partial charge in [-0.2, -0.15) is 13.2 Å². The second-order valence-corrected chi connectivity index (χ2v) is 4.15. The van der Waals surface area contributed by atoms with Gasteiger partial charge >= 0.3 is 12.1 Å². The van der Waals surface area contributed by atoms with Gasteiger partial charge in [-0.05, 0) is 18.6 Å². The molecule has 20 heavy (non-hydrogen) atoms. The lowest BCUT2D eigenvalue weighted by Gasteiger charge is -2.13. The summed E-state index contributed by atoms with van der Waals surface area (Å²) in [5.74, 6) is -1.41. The SMILES string of the molecule is Cc1cc(C(F)(F)F)n(Cc2cnccn2)c1C(=O)O. The molecule has 2 heterocycles. The zero-order chi connectivity index (χ0) is 14.9. The zero-order valence-corrected chi connectivity index (χ0v) is 10.3. The molecule has 0 fully saturated rings. The van der Waals surface area contributed by atoms with E-state index >= 15 is 0 Å². The Labute approximate surface area is 111 Å². The van der Waals surface area contributed by atoms with Crippen molar-refractivity contribution in [2.24, 2.45) is 0 Å². The van der Waals surface area contributed by atoms with Gasteiger partial charge in [0.15, 0.2) is 0 Å². The number of carbonyl (C=O) groups is 1. The van der Waals surface area contributed by atoms with Gasteiger partial charge in [0.2, 0.25) is 0 Å². The molecule has 0 radical (unpaired) electrons. The minimum absolute atomic E-state index is 0.0497. The number of halogens is 3. The molecular formula is C12H10F3N3O2. The molecule has 1 N–H and O–H groups in total. The van der Waals surface area contributed by atoms with E-state index in [0.29, 0.717) is 4.57 Å². The number of rotatable bonds is 3. The summed E-state index contributed by atoms with van der Waals surface area (Å²) in [7, 11) is 0. The third kappa shape index (κ3) is 2.63. The summed E-state index contributed by atoms with van der Waals surface area (Å²) in [6.07, 6.45) is -0.631. The largest absolute Gasteiger partial charge is 0.477 e. The van der Waals surface area contributed by atoms with Gasteiger partial charge in [0.25, 0.3) is 0 Å². The molecule has 5 nitrogen and oxygen atoms in total. The molecule has 0 saturated carbocycles. The van der Waals surface area contributed by atoms with E-state index in [1.165, 1.54) is 25.5 Å². The van der Waals surface area contributed by atoms with E-state index in [4.69, 9.17) is 5.11 Å². The minimum Gasteiger partial charge on any atom is -0.477 e. The first kappa shape index (κ1) is 14.0. The smallest absolute Gasteiger partial charge is 0.431 e. The number of alkyl halides is 3. The second kappa shape index (κ2) is 4.95. The number of carboxylic acid groups (broad SMARTS) is 1. The molecule has 0 spiro atoms. The van der Waals surface area contributed by atoms with E-state index in [1.54, 1.807) is 0 Å². The standard InChI is InChI=1S/C12H10F3N3O2/c1-7-4-9(12(13,14)15)18(10(7)11(19)20)6-8-5-16-2-3-17-8/h2-5H,6H2,1H3,(H,19,20). The normalized spacial score (nSPS) is 11.6. The monoisotopic (exact) mass is 285 g/mol. The van der Waals surface area contributed by atoms with E-state index in [1.807, 2.05) is 0 Å². The fraction of sp³-hybridized carbons (Fsp3) is 0.250. The Kier molecular flexibility index (Phi) is 3.47. The molecule has 2 rings (SSSR count). The van der Waals surface area contributed by atoms with Gasteiger partial charge in [-0.3, -0.25) is 9.97 Å². The maximum Gasteiger partial charge on any atom is 0.431 e. The molecular weight excluding hydrogens is 275 g/mol. The molecule has 0 unspecified atom stereocenters. The Morgan fingerprint density at radius 2 is 2.10 bits per heavy atom. The van der Waals surface area contributed by atoms with Crippen LogP contribution in [0.15, 0.2) is 24.7 Å². The molecule has 0 bridgehead atoms. The predicted octanol–water partition coefficient (Wildman–Crippen LogP) is 2.35. The number of hydrogen-bond acceptors (Lipinski definition) is 3. The molecule has 106 valence electrons. The van der Waals surface area contributed by atoms with Crippen molar-refractivity contribution in [2.75, 3.05) is 0 Å². The molecule has 0 aromatic carbocycles. The maximum atomic E-state index is 13.0. The average Bonchev–Trinajstić information content (AvgIpc) is 2.67. The summed E-state index contributed by atoms with van der Waals surface area (Å²) < 4.78 is 39.6. The van der Waals surface area contributed by atoms with Gasteiger partial charge in [0, 0.05) is 12.4 Å². The van der Waals surface area contributed by atoms with Crippen LogP contribution in [-0.4, -0.2) is 25.6 Å². The predicted molar refractivity (Wildman–Crippen MR) is 62.3 cm³/mol. The van der Waals surface area contributed by atoms with Gasteiger partial charge in [-0.15, -0.1) is 0 Å². The van der Waals surface area contributed by atoms with Crippen LogP contribution in [-0.2, 0) is 12.7 Å². The van der Waals surface area contributed by atoms with E-state index in [9.17, 15) is 18.0 Å². The van der Waals surface area contributed by atoms with Crippen LogP contribution in [0.25, 0.3) is 0 Å². The van der Waals surface area contributed by atoms with Crippen molar-refractivity contribution >= 4 is 5.97 Å². The first-order valence-corrected chi connectivity index (χ1v) is 5.56. The van der Waals surface area contributed by atoms with Gasteiger partial charge in [0.1, 0.15) is 11.4 Å². The molecule has 0 aliphatic rings. The average molecular weight is 285 g/mol. The first-order chi connectivity index (χ1) is 9.30. The van der Waals surface area contributed by atoms with Gasteiger partial charge in [0.05, 0.1) is 18.4 Å². The number of aromatic carboxylic acids is 1. The molecule has 0 saturated heterocycles. The van der Waals surface area contributed by atoms with Crippen LogP contribution in [0, 0.1) is 6.92 Å². The van der Waals surface area contributed by atoms with Crippen LogP contribution < -0.4 is 0 Å². The van der Waals surface area contributed by atoms with Gasteiger partial charge < -0.3 is 9.67 Å². The number of carboxylic acids is 1. The van der Waals surface area contributed by atoms with Crippen LogP contribution in [0.5, 0.6) is 0 Å². The fourth-order valence-electron chi connectivity index (χ4n) is 1.94. The molecule has 0 atom stereocenters. The second-order valence-electron chi connectivity index (χ2n) is 4.15. The highest BCUT2D eigenvalue weighted by atomic mass is 19.4. The third-order valence-electron chi connectivity index (χ3n) is 2.72. The first-order valence-electron chi connectivity index (χ1n) is 5.56. The summed E-state index contributed by atoms with van der Waals surface area (Å²) in [6, 6.07) is 0.819. The Morgan fingerprint density at radius 1 is 1.40 bits per heavy atom. The lowest BCUT2D eigenvalue weighted by molar-refractivity contribution is -0.143. The van der Waals surface area contributed by atoms with Crippen LogP contribution in [0.2, 0.25) is 0 Å². The number of nitrogens with zero attached hydrogens (tertiary/aromatic N) is 3. The highest BCUT2D eigenvalue weighted by molar-refractivity contribution is 5.88. The Bertz CT molecular complexity index is 635. The molecule has 8 heteroatoms. The summed E-state index contributed by atoms with van der Waals surface area (Å²) >= 11 is 0. The topological polar surface area (TPSA) is 68.0 Å². The van der Waals surface area contributed by atoms with Crippen molar-refractivity contribution in [3.05, 3.63) is 47.3 Å². The summed E-state index contributed by atoms with van der Waals surface area (Å²) in [5, 5.41) is 9.08. The Morgan fingerprint density at radius 3 is 2.60 bits per heavy atom. The lowest BCUT2D eigenvalue weighted by Crippen LogP contribution is -2.19. The number of aromatic nitrogens is 3. The van der Waals surface area contributed by atoms with Gasteiger partial charge in [-0.1, -0.05) is 0 Å². The van der Waals surface area contributed by atoms with Gasteiger partial charge in [-0.25, -0.2) is 4.79 Å². The zero-order valence-electron chi connectivity index (χ0n) is 10.3. The molecule has 0 aliphatic heterocycles. The fourth-order valence-corrected chi connectivity index (χ4v) is 1.94. The third-order valence-corrected chi connectivity index (χ3v) is 2.72. The van der Waals surface area contributed by atoms with Crippen molar-refractivity contribution in [2.45, 2.75) is 19.6 Å². The van der Waals surface area contributed by atoms with E-state index < -0.39 is 23.5 Å². The van der Waals surface area contributed by atoms with Crippen LogP contribution in [0.3, 0.4) is 0 Å². The van der Waals surface area contributed by atoms with Crippen molar-refractivity contribution < 1.29 is 23.1 Å². The van der Waals surface area contributed by atoms with E-state index in [0.717, 1.165) is 6.07 Å². The highest BCUT2D eigenvalue weighted by Gasteiger charge is 2.37. The summed E-state index contributed by atoms with van der Waals surface area (Å²) in [6.45, 7) is 1.02. The Balaban J connectivity index is 2.56.